The second-order valence-corrected chi connectivity index (χ2v) is 63.5. The zero-order chi connectivity index (χ0) is 17.6. The topological polar surface area (TPSA) is 15.4 Å². The molecule has 0 N–H and O–H groups in total. The van der Waals surface area contributed by atoms with Crippen LogP contribution in [0.5, 0.6) is 0 Å². The van der Waals surface area contributed by atoms with Crippen LogP contribution in [-0.4, -0.2) is 25.4 Å². The summed E-state index contributed by atoms with van der Waals surface area (Å²) in [4.78, 5) is 0. The number of hydrogen-bond donors (Lipinski definition) is 0. The molecule has 1 saturated carbocycles. The van der Waals surface area contributed by atoms with Crippen molar-refractivity contribution in [1.82, 2.24) is 0 Å². The Balaban J connectivity index is 0.000000236. The average molecular weight is 570 g/mol. The molecule has 1 fully saturated rings. The summed E-state index contributed by atoms with van der Waals surface area (Å²) in [5.41, 5.74) is 1.36. The van der Waals surface area contributed by atoms with Gasteiger partial charge in [-0.15, -0.1) is 0 Å². The van der Waals surface area contributed by atoms with Crippen LogP contribution in [0.3, 0.4) is 0 Å². The van der Waals surface area contributed by atoms with Crippen LogP contribution in [-0.2, 0) is 0 Å². The van der Waals surface area contributed by atoms with Gasteiger partial charge in [0.05, 0.1) is 0 Å². The first-order chi connectivity index (χ1) is 10.1. The third-order valence-electron chi connectivity index (χ3n) is 3.71. The number of benzene rings is 1. The van der Waals surface area contributed by atoms with Crippen LogP contribution >= 0.6 is 64.6 Å². The van der Waals surface area contributed by atoms with Gasteiger partial charge in [0.25, 0.3) is 0 Å². The van der Waals surface area contributed by atoms with Crippen LogP contribution in [0.4, 0.5) is 5.69 Å². The quantitative estimate of drug-likeness (QED) is 0.241. The fourth-order valence-electron chi connectivity index (χ4n) is 2.93. The van der Waals surface area contributed by atoms with Crippen molar-refractivity contribution in [2.24, 2.45) is 5.11 Å². The molecule has 0 saturated heterocycles. The average Bonchev–Trinajstić information content (AvgIpc) is 2.56. The third-order valence-corrected chi connectivity index (χ3v) is 3.97. The summed E-state index contributed by atoms with van der Waals surface area (Å²) in [5.74, 6) is 0. The van der Waals surface area contributed by atoms with Crippen molar-refractivity contribution in [2.75, 3.05) is 0 Å². The van der Waals surface area contributed by atoms with Gasteiger partial charge in [-0.3, -0.25) is 0 Å². The van der Waals surface area contributed by atoms with Gasteiger partial charge in [0.15, 0.2) is 6.04 Å². The van der Waals surface area contributed by atoms with E-state index >= 15 is 0 Å². The Morgan fingerprint density at radius 2 is 1.61 bits per heavy atom. The van der Waals surface area contributed by atoms with E-state index in [0.717, 1.165) is 5.02 Å². The number of fused-ring (bicyclic) bond motifs is 2. The molecule has 0 aromatic heterocycles. The minimum absolute atomic E-state index is 0.183. The van der Waals surface area contributed by atoms with E-state index in [4.69, 9.17) is 69.7 Å². The third kappa shape index (κ3) is 8.26. The Labute approximate surface area is 161 Å². The molecule has 3 rings (SSSR count). The predicted molar refractivity (Wildman–Crippen MR) is 105 cm³/mol. The van der Waals surface area contributed by atoms with E-state index in [9.17, 15) is 0 Å². The van der Waals surface area contributed by atoms with Crippen molar-refractivity contribution >= 4 is 79.4 Å². The molecule has 1 aromatic rings. The molecule has 1 aliphatic carbocycles. The summed E-state index contributed by atoms with van der Waals surface area (Å²) in [6, 6.07) is 8.61. The molecule has 2 atom stereocenters. The predicted octanol–water partition coefficient (Wildman–Crippen LogP) is 7.91. The summed E-state index contributed by atoms with van der Waals surface area (Å²) < 4.78 is 2.21. The SMILES string of the molecule is C[C@]12CCC[C@H](C1)[N+](c1ccc(Cl)cc1)=N2.[Cl][Sb-]([Cl])([Cl])([Cl])([Cl])[Cl]. The molecule has 2 aliphatic rings. The molecule has 0 amide bonds. The molecule has 10 heteroatoms. The van der Waals surface area contributed by atoms with Gasteiger partial charge >= 0.3 is 62.1 Å². The number of halogens is 7. The molecular formula is C13H16Cl7N2Sb. The van der Waals surface area contributed by atoms with Crippen LogP contribution < -0.4 is 0 Å². The number of nitrogens with zero attached hydrogens (tertiary/aromatic N) is 2. The fourth-order valence-corrected chi connectivity index (χ4v) is 3.06. The zero-order valence-electron chi connectivity index (χ0n) is 12.2. The van der Waals surface area contributed by atoms with E-state index < -0.39 is 9.14 Å². The Morgan fingerprint density at radius 3 is 2.09 bits per heavy atom. The van der Waals surface area contributed by atoms with Gasteiger partial charge in [0.2, 0.25) is 5.69 Å². The van der Waals surface area contributed by atoms with E-state index in [1.165, 1.54) is 31.4 Å². The molecule has 1 aromatic carbocycles. The summed E-state index contributed by atoms with van der Waals surface area (Å²) in [6.07, 6.45) is 5.00. The molecule has 1 aliphatic heterocycles. The fraction of sp³-hybridized carbons (Fsp3) is 0.538. The first-order valence-electron chi connectivity index (χ1n) is 6.95. The first-order valence-corrected chi connectivity index (χ1v) is 26.7. The standard InChI is InChI=1S/C13H16ClN2.6ClH.Sb/c1-13-8-2-3-12(9-13)16(15-13)11-6-4-10(14)5-7-11;;;;;;;/h4-7,12H,2-3,8-9H2,1H3;6*1H;/q+1;;;;;;;+5/p-6/t12-,13+;;;;;;;/m1......./s1. The van der Waals surface area contributed by atoms with Crippen LogP contribution in [0.2, 0.25) is 5.02 Å². The Kier molecular flexibility index (Phi) is 5.82. The van der Waals surface area contributed by atoms with Crippen molar-refractivity contribution in [3.63, 3.8) is 0 Å². The van der Waals surface area contributed by atoms with Crippen molar-refractivity contribution < 1.29 is 4.70 Å². The summed E-state index contributed by atoms with van der Waals surface area (Å²) in [5, 5.41) is 5.66. The first kappa shape index (κ1) is 21.0. The van der Waals surface area contributed by atoms with Crippen LogP contribution in [0.15, 0.2) is 29.4 Å². The Hall–Kier alpha value is 1.67. The molecule has 23 heavy (non-hydrogen) atoms. The van der Waals surface area contributed by atoms with Gasteiger partial charge in [-0.25, -0.2) is 0 Å². The van der Waals surface area contributed by atoms with E-state index in [2.05, 4.69) is 23.8 Å². The monoisotopic (exact) mass is 566 g/mol. The second kappa shape index (κ2) is 6.38. The normalized spacial score (nSPS) is 29.7. The zero-order valence-corrected chi connectivity index (χ0v) is 20.0. The Bertz CT molecular complexity index is 612. The van der Waals surface area contributed by atoms with Crippen molar-refractivity contribution in [2.45, 2.75) is 44.2 Å². The number of rotatable bonds is 1. The number of azo groups is 2. The summed E-state index contributed by atoms with van der Waals surface area (Å²) in [7, 11) is 25.0. The molecule has 2 bridgehead atoms. The van der Waals surface area contributed by atoms with Crippen molar-refractivity contribution in [3.05, 3.63) is 29.3 Å². The molecule has 0 radical (unpaired) electrons. The van der Waals surface area contributed by atoms with Gasteiger partial charge in [0.1, 0.15) is 5.54 Å². The van der Waals surface area contributed by atoms with Gasteiger partial charge in [-0.1, -0.05) is 16.3 Å². The molecular weight excluding hydrogens is 554 g/mol. The molecule has 132 valence electrons. The molecule has 0 unspecified atom stereocenters. The minimum atomic E-state index is -5.42. The molecule has 2 nitrogen and oxygen atoms in total. The van der Waals surface area contributed by atoms with Crippen LogP contribution in [0.1, 0.15) is 32.6 Å². The molecule has 0 spiro atoms. The maximum absolute atomic E-state index is 5.91. The van der Waals surface area contributed by atoms with Crippen molar-refractivity contribution in [3.8, 4) is 0 Å². The van der Waals surface area contributed by atoms with Crippen molar-refractivity contribution in [1.29, 1.82) is 0 Å². The van der Waals surface area contributed by atoms with Gasteiger partial charge < -0.3 is 0 Å². The van der Waals surface area contributed by atoms with E-state index in [0.29, 0.717) is 6.04 Å². The van der Waals surface area contributed by atoms with Gasteiger partial charge in [-0.2, -0.15) is 0 Å². The Morgan fingerprint density at radius 1 is 1.09 bits per heavy atom. The van der Waals surface area contributed by atoms with E-state index in [-0.39, 0.29) is 5.54 Å². The van der Waals surface area contributed by atoms with Gasteiger partial charge in [0, 0.05) is 30.0 Å². The van der Waals surface area contributed by atoms with Crippen LogP contribution in [0.25, 0.3) is 0 Å². The molecule has 1 heterocycles. The van der Waals surface area contributed by atoms with Crippen LogP contribution in [0, 0.1) is 0 Å². The summed E-state index contributed by atoms with van der Waals surface area (Å²) >= 11 is 5.91. The maximum atomic E-state index is 5.91. The van der Waals surface area contributed by atoms with Gasteiger partial charge in [-0.05, 0) is 37.0 Å². The second-order valence-electron chi connectivity index (χ2n) is 6.13. The number of hydrogen-bond acceptors (Lipinski definition) is 1. The van der Waals surface area contributed by atoms with E-state index in [1.54, 1.807) is 0 Å². The van der Waals surface area contributed by atoms with E-state index in [1.807, 2.05) is 12.1 Å². The summed E-state index contributed by atoms with van der Waals surface area (Å²) in [6.45, 7) is 2.27.